The molecule has 82 valence electrons. The van der Waals surface area contributed by atoms with Crippen LogP contribution in [-0.2, 0) is 4.79 Å². The van der Waals surface area contributed by atoms with E-state index in [0.717, 1.165) is 0 Å². The minimum atomic E-state index is -0.0241. The van der Waals surface area contributed by atoms with E-state index >= 15 is 0 Å². The van der Waals surface area contributed by atoms with E-state index in [4.69, 9.17) is 4.42 Å². The van der Waals surface area contributed by atoms with Crippen LogP contribution in [-0.4, -0.2) is 32.8 Å². The Hall–Kier alpha value is -1.78. The molecule has 0 aromatic carbocycles. The van der Waals surface area contributed by atoms with Gasteiger partial charge in [-0.15, -0.1) is 0 Å². The van der Waals surface area contributed by atoms with Gasteiger partial charge in [-0.25, -0.2) is 0 Å². The van der Waals surface area contributed by atoms with Crippen molar-refractivity contribution in [3.05, 3.63) is 17.9 Å². The van der Waals surface area contributed by atoms with Crippen LogP contribution in [0.1, 0.15) is 17.0 Å². The Labute approximate surface area is 88.0 Å². The Kier molecular flexibility index (Phi) is 3.91. The lowest BCUT2D eigenvalue weighted by Gasteiger charge is -2.14. The van der Waals surface area contributed by atoms with E-state index < -0.39 is 0 Å². The highest BCUT2D eigenvalue weighted by Crippen LogP contribution is 2.15. The number of furan rings is 1. The van der Waals surface area contributed by atoms with Crippen molar-refractivity contribution < 1.29 is 14.0 Å². The van der Waals surface area contributed by atoms with Gasteiger partial charge in [-0.1, -0.05) is 0 Å². The molecular weight excluding hydrogens is 196 g/mol. The van der Waals surface area contributed by atoms with Crippen LogP contribution in [0.2, 0.25) is 0 Å². The van der Waals surface area contributed by atoms with Gasteiger partial charge in [-0.05, 0) is 6.07 Å². The van der Waals surface area contributed by atoms with Gasteiger partial charge in [0.05, 0.1) is 0 Å². The summed E-state index contributed by atoms with van der Waals surface area (Å²) >= 11 is 0. The van der Waals surface area contributed by atoms with E-state index in [-0.39, 0.29) is 11.7 Å². The molecule has 1 rings (SSSR count). The first-order valence-electron chi connectivity index (χ1n) is 4.64. The van der Waals surface area contributed by atoms with Gasteiger partial charge in [0.1, 0.15) is 0 Å². The second-order valence-electron chi connectivity index (χ2n) is 3.14. The van der Waals surface area contributed by atoms with Gasteiger partial charge < -0.3 is 14.6 Å². The molecule has 0 spiro atoms. The second-order valence-corrected chi connectivity index (χ2v) is 3.14. The standard InChI is InChI=1S/C10H14N2O3/c1-11-9(14)5-6-12(2)10-4-3-8(7-13)15-10/h3-4,7H,5-6H2,1-2H3,(H,11,14). The lowest BCUT2D eigenvalue weighted by molar-refractivity contribution is -0.120. The van der Waals surface area contributed by atoms with Crippen LogP contribution in [0.25, 0.3) is 0 Å². The van der Waals surface area contributed by atoms with Crippen LogP contribution in [0.3, 0.4) is 0 Å². The van der Waals surface area contributed by atoms with Crippen molar-refractivity contribution in [1.29, 1.82) is 0 Å². The Morgan fingerprint density at radius 1 is 1.60 bits per heavy atom. The third kappa shape index (κ3) is 3.12. The number of carbonyl (C=O) groups is 2. The van der Waals surface area contributed by atoms with Gasteiger partial charge in [-0.3, -0.25) is 9.59 Å². The fourth-order valence-electron chi connectivity index (χ4n) is 1.12. The highest BCUT2D eigenvalue weighted by Gasteiger charge is 2.07. The van der Waals surface area contributed by atoms with Crippen LogP contribution < -0.4 is 10.2 Å². The molecule has 1 N–H and O–H groups in total. The summed E-state index contributed by atoms with van der Waals surface area (Å²) in [5, 5.41) is 2.54. The van der Waals surface area contributed by atoms with Crippen LogP contribution in [0.4, 0.5) is 5.88 Å². The molecular formula is C10H14N2O3. The number of rotatable bonds is 5. The predicted octanol–water partition coefficient (Wildman–Crippen LogP) is 0.664. The average Bonchev–Trinajstić information content (AvgIpc) is 2.73. The first kappa shape index (κ1) is 11.3. The van der Waals surface area contributed by atoms with Crippen LogP contribution in [0.5, 0.6) is 0 Å². The van der Waals surface area contributed by atoms with E-state index in [0.29, 0.717) is 25.1 Å². The first-order chi connectivity index (χ1) is 7.17. The van der Waals surface area contributed by atoms with Crippen molar-refractivity contribution in [2.45, 2.75) is 6.42 Å². The molecule has 0 radical (unpaired) electrons. The molecule has 0 unspecified atom stereocenters. The number of nitrogens with one attached hydrogen (secondary N) is 1. The summed E-state index contributed by atoms with van der Waals surface area (Å²) in [6, 6.07) is 3.30. The molecule has 0 saturated heterocycles. The molecule has 5 heteroatoms. The van der Waals surface area contributed by atoms with Crippen molar-refractivity contribution in [2.75, 3.05) is 25.5 Å². The number of amides is 1. The summed E-state index contributed by atoms with van der Waals surface area (Å²) in [5.74, 6) is 0.849. The molecule has 5 nitrogen and oxygen atoms in total. The number of hydrogen-bond acceptors (Lipinski definition) is 4. The Morgan fingerprint density at radius 2 is 2.33 bits per heavy atom. The summed E-state index contributed by atoms with van der Waals surface area (Å²) in [5.41, 5.74) is 0. The number of carbonyl (C=O) groups excluding carboxylic acids is 2. The van der Waals surface area contributed by atoms with Gasteiger partial charge in [0.2, 0.25) is 5.91 Å². The molecule has 15 heavy (non-hydrogen) atoms. The number of nitrogens with zero attached hydrogens (tertiary/aromatic N) is 1. The Bertz CT molecular complexity index is 346. The Morgan fingerprint density at radius 3 is 2.87 bits per heavy atom. The van der Waals surface area contributed by atoms with E-state index in [2.05, 4.69) is 5.32 Å². The molecule has 1 heterocycles. The van der Waals surface area contributed by atoms with Gasteiger partial charge in [0.25, 0.3) is 0 Å². The number of aldehydes is 1. The zero-order valence-electron chi connectivity index (χ0n) is 8.82. The SMILES string of the molecule is CNC(=O)CCN(C)c1ccc(C=O)o1. The second kappa shape index (κ2) is 5.19. The minimum Gasteiger partial charge on any atom is -0.438 e. The van der Waals surface area contributed by atoms with Crippen LogP contribution in [0.15, 0.2) is 16.5 Å². The lowest BCUT2D eigenvalue weighted by atomic mass is 10.4. The summed E-state index contributed by atoms with van der Waals surface area (Å²) in [7, 11) is 3.40. The van der Waals surface area contributed by atoms with Gasteiger partial charge in [0, 0.05) is 33.1 Å². The molecule has 0 saturated carbocycles. The summed E-state index contributed by atoms with van der Waals surface area (Å²) < 4.78 is 5.19. The van der Waals surface area contributed by atoms with Crippen molar-refractivity contribution in [2.24, 2.45) is 0 Å². The molecule has 1 amide bonds. The summed E-state index contributed by atoms with van der Waals surface area (Å²) in [4.78, 5) is 23.1. The molecule has 0 atom stereocenters. The van der Waals surface area contributed by atoms with E-state index in [1.54, 1.807) is 31.1 Å². The zero-order chi connectivity index (χ0) is 11.3. The molecule has 0 aliphatic carbocycles. The maximum absolute atomic E-state index is 11.0. The fraction of sp³-hybridized carbons (Fsp3) is 0.400. The quantitative estimate of drug-likeness (QED) is 0.725. The van der Waals surface area contributed by atoms with Gasteiger partial charge >= 0.3 is 0 Å². The maximum atomic E-state index is 11.0. The summed E-state index contributed by atoms with van der Waals surface area (Å²) in [6.45, 7) is 0.547. The maximum Gasteiger partial charge on any atom is 0.221 e. The molecule has 0 aliphatic rings. The average molecular weight is 210 g/mol. The van der Waals surface area contributed by atoms with Crippen LogP contribution >= 0.6 is 0 Å². The molecule has 0 bridgehead atoms. The fourth-order valence-corrected chi connectivity index (χ4v) is 1.12. The number of anilines is 1. The highest BCUT2D eigenvalue weighted by molar-refractivity contribution is 5.76. The van der Waals surface area contributed by atoms with Crippen molar-refractivity contribution >= 4 is 18.1 Å². The third-order valence-corrected chi connectivity index (χ3v) is 2.06. The highest BCUT2D eigenvalue weighted by atomic mass is 16.4. The monoisotopic (exact) mass is 210 g/mol. The lowest BCUT2D eigenvalue weighted by Crippen LogP contribution is -2.26. The molecule has 0 fully saturated rings. The predicted molar refractivity (Wildman–Crippen MR) is 56.0 cm³/mol. The molecule has 1 aromatic rings. The van der Waals surface area contributed by atoms with E-state index in [9.17, 15) is 9.59 Å². The zero-order valence-corrected chi connectivity index (χ0v) is 8.82. The number of hydrogen-bond donors (Lipinski definition) is 1. The normalized spacial score (nSPS) is 9.73. The van der Waals surface area contributed by atoms with Crippen molar-refractivity contribution in [1.82, 2.24) is 5.32 Å². The van der Waals surface area contributed by atoms with Crippen molar-refractivity contribution in [3.8, 4) is 0 Å². The molecule has 1 aromatic heterocycles. The summed E-state index contributed by atoms with van der Waals surface area (Å²) in [6.07, 6.45) is 1.04. The van der Waals surface area contributed by atoms with E-state index in [1.165, 1.54) is 0 Å². The molecule has 0 aliphatic heterocycles. The largest absolute Gasteiger partial charge is 0.438 e. The van der Waals surface area contributed by atoms with Gasteiger partial charge in [-0.2, -0.15) is 0 Å². The van der Waals surface area contributed by atoms with Gasteiger partial charge in [0.15, 0.2) is 17.9 Å². The smallest absolute Gasteiger partial charge is 0.221 e. The topological polar surface area (TPSA) is 62.6 Å². The van der Waals surface area contributed by atoms with Crippen molar-refractivity contribution in [3.63, 3.8) is 0 Å². The van der Waals surface area contributed by atoms with Crippen LogP contribution in [0, 0.1) is 0 Å². The third-order valence-electron chi connectivity index (χ3n) is 2.06. The first-order valence-corrected chi connectivity index (χ1v) is 4.64. The minimum absolute atomic E-state index is 0.0241. The van der Waals surface area contributed by atoms with E-state index in [1.807, 2.05) is 0 Å². The Balaban J connectivity index is 2.49.